The predicted octanol–water partition coefficient (Wildman–Crippen LogP) is 2.49. The molecule has 2 aromatic rings. The van der Waals surface area contributed by atoms with Gasteiger partial charge in [0.05, 0.1) is 11.7 Å². The Labute approximate surface area is 165 Å². The fourth-order valence-corrected chi connectivity index (χ4v) is 3.66. The highest BCUT2D eigenvalue weighted by molar-refractivity contribution is 6.00. The van der Waals surface area contributed by atoms with Gasteiger partial charge in [0.2, 0.25) is 0 Å². The van der Waals surface area contributed by atoms with Crippen LogP contribution in [0.3, 0.4) is 0 Å². The number of carbonyl (C=O) groups is 2. The third-order valence-corrected chi connectivity index (χ3v) is 5.03. The Balaban J connectivity index is 1.63. The van der Waals surface area contributed by atoms with Gasteiger partial charge in [0.15, 0.2) is 0 Å². The van der Waals surface area contributed by atoms with Crippen molar-refractivity contribution in [2.45, 2.75) is 72.4 Å². The van der Waals surface area contributed by atoms with Crippen molar-refractivity contribution < 1.29 is 14.3 Å². The molecule has 0 radical (unpaired) electrons. The minimum Gasteiger partial charge on any atom is -0.459 e. The standard InChI is InChI=1S/C20H29N5O3/c1-12(2)28-20(27)17-13(3)18(22-14(17)4)19(26)21-10-9-16-24-23-15-8-6-5-7-11-25(15)16/h12,22H,5-11H2,1-4H3,(H,21,26). The number of aryl methyl sites for hydroxylation is 2. The predicted molar refractivity (Wildman–Crippen MR) is 104 cm³/mol. The minimum absolute atomic E-state index is 0.211. The van der Waals surface area contributed by atoms with E-state index in [-0.39, 0.29) is 12.0 Å². The molecule has 3 rings (SSSR count). The van der Waals surface area contributed by atoms with Crippen molar-refractivity contribution in [3.8, 4) is 0 Å². The van der Waals surface area contributed by atoms with Crippen LogP contribution in [-0.4, -0.2) is 44.3 Å². The molecule has 1 aliphatic rings. The van der Waals surface area contributed by atoms with Crippen LogP contribution in [0.5, 0.6) is 0 Å². The van der Waals surface area contributed by atoms with Gasteiger partial charge in [-0.15, -0.1) is 10.2 Å². The lowest BCUT2D eigenvalue weighted by Crippen LogP contribution is -2.27. The first kappa shape index (κ1) is 20.1. The smallest absolute Gasteiger partial charge is 0.340 e. The summed E-state index contributed by atoms with van der Waals surface area (Å²) < 4.78 is 7.46. The maximum Gasteiger partial charge on any atom is 0.340 e. The number of hydrogen-bond acceptors (Lipinski definition) is 5. The molecule has 0 unspecified atom stereocenters. The molecule has 8 nitrogen and oxygen atoms in total. The summed E-state index contributed by atoms with van der Waals surface area (Å²) in [5.74, 6) is 1.31. The monoisotopic (exact) mass is 387 g/mol. The van der Waals surface area contributed by atoms with E-state index in [1.54, 1.807) is 27.7 Å². The van der Waals surface area contributed by atoms with Gasteiger partial charge in [-0.25, -0.2) is 4.79 Å². The number of H-pyrrole nitrogens is 1. The summed E-state index contributed by atoms with van der Waals surface area (Å²) in [5, 5.41) is 11.5. The van der Waals surface area contributed by atoms with Crippen molar-refractivity contribution in [1.29, 1.82) is 0 Å². The van der Waals surface area contributed by atoms with Crippen LogP contribution in [0, 0.1) is 13.8 Å². The Morgan fingerprint density at radius 1 is 1.21 bits per heavy atom. The van der Waals surface area contributed by atoms with Gasteiger partial charge in [0, 0.05) is 31.6 Å². The molecule has 3 heterocycles. The zero-order valence-electron chi connectivity index (χ0n) is 17.1. The SMILES string of the molecule is Cc1[nH]c(C(=O)NCCc2nnc3n2CCCCC3)c(C)c1C(=O)OC(C)C. The van der Waals surface area contributed by atoms with E-state index in [1.165, 1.54) is 6.42 Å². The second-order valence-electron chi connectivity index (χ2n) is 7.58. The lowest BCUT2D eigenvalue weighted by Gasteiger charge is -2.09. The molecule has 0 atom stereocenters. The maximum absolute atomic E-state index is 12.6. The molecular weight excluding hydrogens is 358 g/mol. The number of aromatic nitrogens is 4. The summed E-state index contributed by atoms with van der Waals surface area (Å²) in [5.41, 5.74) is 2.07. The number of hydrogen-bond donors (Lipinski definition) is 2. The molecule has 2 N–H and O–H groups in total. The number of fused-ring (bicyclic) bond motifs is 1. The highest BCUT2D eigenvalue weighted by Gasteiger charge is 2.23. The Hall–Kier alpha value is -2.64. The number of nitrogens with zero attached hydrogens (tertiary/aromatic N) is 3. The van der Waals surface area contributed by atoms with Gasteiger partial charge in [-0.05, 0) is 46.1 Å². The molecule has 0 bridgehead atoms. The van der Waals surface area contributed by atoms with Crippen LogP contribution in [0.4, 0.5) is 0 Å². The Morgan fingerprint density at radius 2 is 2.00 bits per heavy atom. The van der Waals surface area contributed by atoms with Crippen molar-refractivity contribution in [2.75, 3.05) is 6.54 Å². The first-order valence-corrected chi connectivity index (χ1v) is 9.97. The van der Waals surface area contributed by atoms with E-state index in [0.717, 1.165) is 37.5 Å². The normalized spacial score (nSPS) is 13.9. The number of amides is 1. The number of carbonyl (C=O) groups excluding carboxylic acids is 2. The van der Waals surface area contributed by atoms with E-state index in [1.807, 2.05) is 0 Å². The molecule has 152 valence electrons. The molecule has 28 heavy (non-hydrogen) atoms. The molecule has 1 amide bonds. The molecule has 8 heteroatoms. The summed E-state index contributed by atoms with van der Waals surface area (Å²) in [6.45, 7) is 8.53. The van der Waals surface area contributed by atoms with E-state index < -0.39 is 5.97 Å². The molecule has 0 spiro atoms. The van der Waals surface area contributed by atoms with Gasteiger partial charge < -0.3 is 19.6 Å². The average molecular weight is 387 g/mol. The number of rotatable bonds is 6. The third-order valence-electron chi connectivity index (χ3n) is 5.03. The molecular formula is C20H29N5O3. The molecule has 0 saturated carbocycles. The van der Waals surface area contributed by atoms with Crippen LogP contribution < -0.4 is 5.32 Å². The minimum atomic E-state index is -0.411. The van der Waals surface area contributed by atoms with Gasteiger partial charge in [-0.2, -0.15) is 0 Å². The molecule has 2 aromatic heterocycles. The number of esters is 1. The van der Waals surface area contributed by atoms with Crippen molar-refractivity contribution in [2.24, 2.45) is 0 Å². The van der Waals surface area contributed by atoms with Crippen LogP contribution in [0.25, 0.3) is 0 Å². The lowest BCUT2D eigenvalue weighted by molar-refractivity contribution is 0.0376. The van der Waals surface area contributed by atoms with E-state index in [9.17, 15) is 9.59 Å². The lowest BCUT2D eigenvalue weighted by atomic mass is 10.1. The molecule has 0 aromatic carbocycles. The summed E-state index contributed by atoms with van der Waals surface area (Å²) in [4.78, 5) is 27.9. The maximum atomic E-state index is 12.6. The van der Waals surface area contributed by atoms with Crippen LogP contribution in [0.15, 0.2) is 0 Å². The summed E-state index contributed by atoms with van der Waals surface area (Å²) >= 11 is 0. The van der Waals surface area contributed by atoms with Gasteiger partial charge in [0.1, 0.15) is 17.3 Å². The molecule has 0 saturated heterocycles. The zero-order chi connectivity index (χ0) is 20.3. The quantitative estimate of drug-likeness (QED) is 0.742. The zero-order valence-corrected chi connectivity index (χ0v) is 17.1. The number of ether oxygens (including phenoxy) is 1. The van der Waals surface area contributed by atoms with Gasteiger partial charge >= 0.3 is 5.97 Å². The second kappa shape index (κ2) is 8.58. The van der Waals surface area contributed by atoms with Crippen LogP contribution >= 0.6 is 0 Å². The summed E-state index contributed by atoms with van der Waals surface area (Å²) in [7, 11) is 0. The van der Waals surface area contributed by atoms with Gasteiger partial charge in [-0.3, -0.25) is 4.79 Å². The van der Waals surface area contributed by atoms with Crippen molar-refractivity contribution in [1.82, 2.24) is 25.1 Å². The molecule has 1 aliphatic heterocycles. The highest BCUT2D eigenvalue weighted by atomic mass is 16.5. The largest absolute Gasteiger partial charge is 0.459 e. The summed E-state index contributed by atoms with van der Waals surface area (Å²) in [6, 6.07) is 0. The van der Waals surface area contributed by atoms with Crippen molar-refractivity contribution >= 4 is 11.9 Å². The van der Waals surface area contributed by atoms with Crippen LogP contribution in [0.1, 0.15) is 76.9 Å². The fraction of sp³-hybridized carbons (Fsp3) is 0.600. The van der Waals surface area contributed by atoms with E-state index in [0.29, 0.717) is 35.5 Å². The van der Waals surface area contributed by atoms with E-state index in [2.05, 4.69) is 25.1 Å². The van der Waals surface area contributed by atoms with Gasteiger partial charge in [-0.1, -0.05) is 6.42 Å². The highest BCUT2D eigenvalue weighted by Crippen LogP contribution is 2.20. The van der Waals surface area contributed by atoms with Crippen LogP contribution in [-0.2, 0) is 24.1 Å². The Morgan fingerprint density at radius 3 is 2.75 bits per heavy atom. The molecule has 0 fully saturated rings. The fourth-order valence-electron chi connectivity index (χ4n) is 3.66. The number of aromatic amines is 1. The second-order valence-corrected chi connectivity index (χ2v) is 7.58. The molecule has 0 aliphatic carbocycles. The first-order chi connectivity index (χ1) is 13.4. The Kier molecular flexibility index (Phi) is 6.16. The summed E-state index contributed by atoms with van der Waals surface area (Å²) in [6.07, 6.45) is 4.89. The van der Waals surface area contributed by atoms with Gasteiger partial charge in [0.25, 0.3) is 5.91 Å². The topological polar surface area (TPSA) is 102 Å². The van der Waals surface area contributed by atoms with Crippen LogP contribution in [0.2, 0.25) is 0 Å². The first-order valence-electron chi connectivity index (χ1n) is 9.97. The third kappa shape index (κ3) is 4.26. The van der Waals surface area contributed by atoms with Crippen molar-refractivity contribution in [3.63, 3.8) is 0 Å². The number of nitrogens with one attached hydrogen (secondary N) is 2. The average Bonchev–Trinajstić information content (AvgIpc) is 3.04. The Bertz CT molecular complexity index is 866. The van der Waals surface area contributed by atoms with E-state index >= 15 is 0 Å². The van der Waals surface area contributed by atoms with Crippen molar-refractivity contribution in [3.05, 3.63) is 34.2 Å². The van der Waals surface area contributed by atoms with E-state index in [4.69, 9.17) is 4.74 Å².